The number of hydrogen-bond donors (Lipinski definition) is 3. The van der Waals surface area contributed by atoms with E-state index in [1.54, 1.807) is 6.92 Å². The lowest BCUT2D eigenvalue weighted by Crippen LogP contribution is -2.37. The van der Waals surface area contributed by atoms with E-state index in [0.717, 1.165) is 0 Å². The van der Waals surface area contributed by atoms with E-state index in [1.165, 1.54) is 23.7 Å². The Kier molecular flexibility index (Phi) is 4.86. The lowest BCUT2D eigenvalue weighted by Gasteiger charge is -2.16. The normalized spacial score (nSPS) is 12.0. The molecule has 17 heavy (non-hydrogen) atoms. The zero-order valence-electron chi connectivity index (χ0n) is 9.31. The van der Waals surface area contributed by atoms with E-state index >= 15 is 0 Å². The topological polar surface area (TPSA) is 78.8 Å². The first-order valence-corrected chi connectivity index (χ1v) is 5.06. The van der Waals surface area contributed by atoms with E-state index < -0.39 is 12.0 Å². The van der Waals surface area contributed by atoms with Crippen LogP contribution >= 0.6 is 0 Å². The number of hydrogen-bond acceptors (Lipinski definition) is 4. The average Bonchev–Trinajstić information content (AvgIpc) is 2.32. The second-order valence-corrected chi connectivity index (χ2v) is 3.51. The molecule has 0 aliphatic heterocycles. The Morgan fingerprint density at radius 2 is 2.29 bits per heavy atom. The van der Waals surface area contributed by atoms with Gasteiger partial charge in [0.05, 0.1) is 0 Å². The number of nitrogens with one attached hydrogen (secondary N) is 1. The molecule has 0 bridgehead atoms. The Balaban J connectivity index is 2.78. The molecule has 94 valence electrons. The third-order valence-corrected chi connectivity index (χ3v) is 2.20. The first-order valence-electron chi connectivity index (χ1n) is 5.06. The molecular weight excluding hydrogens is 229 g/mol. The second kappa shape index (κ2) is 6.17. The Hall–Kier alpha value is -1.66. The summed E-state index contributed by atoms with van der Waals surface area (Å²) in [7, 11) is 0. The molecule has 0 spiro atoms. The minimum Gasteiger partial charge on any atom is -0.480 e. The van der Waals surface area contributed by atoms with E-state index in [-0.39, 0.29) is 18.8 Å². The van der Waals surface area contributed by atoms with Gasteiger partial charge in [0.25, 0.3) is 5.91 Å². The van der Waals surface area contributed by atoms with E-state index in [0.29, 0.717) is 11.3 Å². The van der Waals surface area contributed by atoms with Crippen LogP contribution in [0.1, 0.15) is 12.0 Å². The maximum Gasteiger partial charge on any atom is 0.284 e. The van der Waals surface area contributed by atoms with Crippen LogP contribution in [0.3, 0.4) is 0 Å². The Morgan fingerprint density at radius 3 is 2.82 bits per heavy atom. The summed E-state index contributed by atoms with van der Waals surface area (Å²) in [5.41, 5.74) is 1.83. The van der Waals surface area contributed by atoms with E-state index in [9.17, 15) is 9.18 Å². The van der Waals surface area contributed by atoms with Gasteiger partial charge in [-0.05, 0) is 30.7 Å². The number of benzene rings is 1. The monoisotopic (exact) mass is 243 g/mol. The van der Waals surface area contributed by atoms with Crippen LogP contribution in [0, 0.1) is 12.7 Å². The van der Waals surface area contributed by atoms with Crippen molar-refractivity contribution in [3.05, 3.63) is 29.6 Å². The molecule has 0 saturated heterocycles. The number of rotatable bonds is 5. The highest BCUT2D eigenvalue weighted by Crippen LogP contribution is 2.18. The number of carbonyl (C=O) groups is 1. The minimum absolute atomic E-state index is 0.0306. The molecule has 0 unspecified atom stereocenters. The highest BCUT2D eigenvalue weighted by molar-refractivity contribution is 5.79. The zero-order valence-corrected chi connectivity index (χ0v) is 9.31. The third kappa shape index (κ3) is 3.69. The van der Waals surface area contributed by atoms with Gasteiger partial charge >= 0.3 is 0 Å². The molecule has 0 saturated carbocycles. The molecule has 1 rings (SSSR count). The van der Waals surface area contributed by atoms with E-state index in [1.807, 2.05) is 0 Å². The summed E-state index contributed by atoms with van der Waals surface area (Å²) in [6.45, 7) is 1.30. The fourth-order valence-corrected chi connectivity index (χ4v) is 1.29. The van der Waals surface area contributed by atoms with Gasteiger partial charge in [-0.3, -0.25) is 10.0 Å². The number of aryl methyl sites for hydroxylation is 1. The van der Waals surface area contributed by atoms with Gasteiger partial charge in [-0.2, -0.15) is 0 Å². The number of hydroxylamine groups is 1. The summed E-state index contributed by atoms with van der Waals surface area (Å²) >= 11 is 0. The SMILES string of the molecule is Cc1cc(O[C@H](CCO)C(=O)NO)ccc1F. The number of aliphatic hydroxyl groups is 1. The van der Waals surface area contributed by atoms with Gasteiger partial charge in [0.15, 0.2) is 6.10 Å². The fraction of sp³-hybridized carbons (Fsp3) is 0.364. The molecule has 6 heteroatoms. The van der Waals surface area contributed by atoms with E-state index in [2.05, 4.69) is 0 Å². The maximum atomic E-state index is 13.0. The number of halogens is 1. The van der Waals surface area contributed by atoms with Gasteiger partial charge in [-0.15, -0.1) is 0 Å². The molecule has 0 aromatic heterocycles. The highest BCUT2D eigenvalue weighted by atomic mass is 19.1. The van der Waals surface area contributed by atoms with Gasteiger partial charge in [-0.1, -0.05) is 0 Å². The van der Waals surface area contributed by atoms with Gasteiger partial charge in [-0.25, -0.2) is 9.87 Å². The standard InChI is InChI=1S/C11H14FNO4/c1-7-6-8(2-3-9(7)12)17-10(4-5-14)11(15)13-16/h2-3,6,10,14,16H,4-5H2,1H3,(H,13,15)/t10-/m1/s1. The van der Waals surface area contributed by atoms with Crippen LogP contribution in [-0.4, -0.2) is 28.9 Å². The molecular formula is C11H14FNO4. The molecule has 1 aromatic rings. The number of aliphatic hydroxyl groups excluding tert-OH is 1. The highest BCUT2D eigenvalue weighted by Gasteiger charge is 2.19. The Morgan fingerprint density at radius 1 is 1.59 bits per heavy atom. The van der Waals surface area contributed by atoms with Crippen molar-refractivity contribution < 1.29 is 24.2 Å². The van der Waals surface area contributed by atoms with Crippen molar-refractivity contribution in [2.24, 2.45) is 0 Å². The van der Waals surface area contributed by atoms with Crippen LogP contribution < -0.4 is 10.2 Å². The van der Waals surface area contributed by atoms with Crippen LogP contribution in [0.25, 0.3) is 0 Å². The van der Waals surface area contributed by atoms with E-state index in [4.69, 9.17) is 15.1 Å². The van der Waals surface area contributed by atoms with Crippen LogP contribution in [0.5, 0.6) is 5.75 Å². The van der Waals surface area contributed by atoms with Gasteiger partial charge < -0.3 is 9.84 Å². The predicted octanol–water partition coefficient (Wildman–Crippen LogP) is 0.769. The average molecular weight is 243 g/mol. The van der Waals surface area contributed by atoms with Crippen molar-refractivity contribution in [3.8, 4) is 5.75 Å². The van der Waals surface area contributed by atoms with Crippen molar-refractivity contribution >= 4 is 5.91 Å². The molecule has 5 nitrogen and oxygen atoms in total. The number of amides is 1. The van der Waals surface area contributed by atoms with Crippen LogP contribution in [-0.2, 0) is 4.79 Å². The van der Waals surface area contributed by atoms with Crippen molar-refractivity contribution in [2.75, 3.05) is 6.61 Å². The summed E-state index contributed by atoms with van der Waals surface area (Å²) < 4.78 is 18.2. The summed E-state index contributed by atoms with van der Waals surface area (Å²) in [5.74, 6) is -0.838. The van der Waals surface area contributed by atoms with Gasteiger partial charge in [0.2, 0.25) is 0 Å². The smallest absolute Gasteiger partial charge is 0.284 e. The largest absolute Gasteiger partial charge is 0.480 e. The summed E-state index contributed by atoms with van der Waals surface area (Å²) in [5, 5.41) is 17.2. The van der Waals surface area contributed by atoms with Crippen molar-refractivity contribution in [3.63, 3.8) is 0 Å². The molecule has 1 atom stereocenters. The summed E-state index contributed by atoms with van der Waals surface area (Å²) in [4.78, 5) is 11.2. The summed E-state index contributed by atoms with van der Waals surface area (Å²) in [6.07, 6.45) is -0.988. The van der Waals surface area contributed by atoms with Gasteiger partial charge in [0.1, 0.15) is 11.6 Å². The second-order valence-electron chi connectivity index (χ2n) is 3.51. The van der Waals surface area contributed by atoms with Crippen LogP contribution in [0.2, 0.25) is 0 Å². The lowest BCUT2D eigenvalue weighted by atomic mass is 10.2. The van der Waals surface area contributed by atoms with Crippen molar-refractivity contribution in [2.45, 2.75) is 19.4 Å². The Labute approximate surface area is 97.8 Å². The molecule has 0 aliphatic carbocycles. The van der Waals surface area contributed by atoms with Crippen LogP contribution in [0.4, 0.5) is 4.39 Å². The minimum atomic E-state index is -1.02. The molecule has 1 aromatic carbocycles. The van der Waals surface area contributed by atoms with Gasteiger partial charge in [0, 0.05) is 13.0 Å². The maximum absolute atomic E-state index is 13.0. The molecule has 0 radical (unpaired) electrons. The summed E-state index contributed by atoms with van der Waals surface area (Å²) in [6, 6.07) is 4.03. The molecule has 0 fully saturated rings. The van der Waals surface area contributed by atoms with Crippen molar-refractivity contribution in [1.82, 2.24) is 5.48 Å². The molecule has 0 aliphatic rings. The van der Waals surface area contributed by atoms with Crippen LogP contribution in [0.15, 0.2) is 18.2 Å². The quantitative estimate of drug-likeness (QED) is 0.527. The predicted molar refractivity (Wildman–Crippen MR) is 57.2 cm³/mol. The fourth-order valence-electron chi connectivity index (χ4n) is 1.29. The third-order valence-electron chi connectivity index (χ3n) is 2.20. The van der Waals surface area contributed by atoms with Crippen molar-refractivity contribution in [1.29, 1.82) is 0 Å². The first-order chi connectivity index (χ1) is 8.08. The first kappa shape index (κ1) is 13.4. The molecule has 1 amide bonds. The Bertz CT molecular complexity index is 397. The number of carbonyl (C=O) groups excluding carboxylic acids is 1. The lowest BCUT2D eigenvalue weighted by molar-refractivity contribution is -0.137. The number of ether oxygens (including phenoxy) is 1. The zero-order chi connectivity index (χ0) is 12.8. The molecule has 3 N–H and O–H groups in total. The molecule has 0 heterocycles.